The molecule has 2 rings (SSSR count). The van der Waals surface area contributed by atoms with Crippen LogP contribution in [0.4, 0.5) is 5.69 Å². The third kappa shape index (κ3) is 6.76. The molecule has 0 atom stereocenters. The first-order valence-corrected chi connectivity index (χ1v) is 11.0. The van der Waals surface area contributed by atoms with Crippen LogP contribution in [0.25, 0.3) is 0 Å². The van der Waals surface area contributed by atoms with Gasteiger partial charge in [0, 0.05) is 30.2 Å². The molecule has 7 nitrogen and oxygen atoms in total. The van der Waals surface area contributed by atoms with E-state index < -0.39 is 15.6 Å². The number of amides is 2. The smallest absolute Gasteiger partial charge is 0.245 e. The number of rotatable bonds is 6. The Morgan fingerprint density at radius 1 is 1.25 bits per heavy atom. The monoisotopic (exact) mass is 407 g/mol. The number of piperidine rings is 1. The highest BCUT2D eigenvalue weighted by Gasteiger charge is 2.26. The Kier molecular flexibility index (Phi) is 7.01. The van der Waals surface area contributed by atoms with Crippen molar-refractivity contribution in [2.45, 2.75) is 44.9 Å². The van der Waals surface area contributed by atoms with E-state index in [0.29, 0.717) is 37.2 Å². The van der Waals surface area contributed by atoms with Crippen LogP contribution in [0.1, 0.15) is 39.2 Å². The van der Waals surface area contributed by atoms with Crippen LogP contribution in [0, 0.1) is 5.92 Å². The van der Waals surface area contributed by atoms with Crippen molar-refractivity contribution in [3.05, 3.63) is 42.5 Å². The Hall–Kier alpha value is -2.19. The zero-order chi connectivity index (χ0) is 20.9. The van der Waals surface area contributed by atoms with Crippen LogP contribution in [0.3, 0.4) is 0 Å². The second-order valence-electron chi connectivity index (χ2n) is 8.10. The van der Waals surface area contributed by atoms with Gasteiger partial charge in [-0.15, -0.1) is 0 Å². The first kappa shape index (κ1) is 22.1. The first-order valence-electron chi connectivity index (χ1n) is 9.32. The maximum Gasteiger partial charge on any atom is 0.245 e. The van der Waals surface area contributed by atoms with Crippen molar-refractivity contribution in [1.82, 2.24) is 9.62 Å². The third-order valence-electron chi connectivity index (χ3n) is 4.36. The normalized spacial score (nSPS) is 15.9. The van der Waals surface area contributed by atoms with E-state index >= 15 is 0 Å². The van der Waals surface area contributed by atoms with Gasteiger partial charge in [0.2, 0.25) is 21.8 Å². The highest BCUT2D eigenvalue weighted by atomic mass is 32.2. The summed E-state index contributed by atoms with van der Waals surface area (Å²) in [6.45, 7) is 9.90. The summed E-state index contributed by atoms with van der Waals surface area (Å²) < 4.78 is 27.2. The number of nitrogens with one attached hydrogen (secondary N) is 2. The average molecular weight is 408 g/mol. The Morgan fingerprint density at radius 2 is 1.89 bits per heavy atom. The second kappa shape index (κ2) is 8.87. The van der Waals surface area contributed by atoms with Crippen LogP contribution >= 0.6 is 0 Å². The SMILES string of the molecule is C=CC(=O)N1CCC(C(=O)Nc2cccc(CS(=O)(=O)NC(C)(C)C)c2)CC1. The summed E-state index contributed by atoms with van der Waals surface area (Å²) in [5.41, 5.74) is 0.617. The highest BCUT2D eigenvalue weighted by molar-refractivity contribution is 7.88. The third-order valence-corrected chi connectivity index (χ3v) is 6.00. The molecule has 0 radical (unpaired) electrons. The lowest BCUT2D eigenvalue weighted by Crippen LogP contribution is -2.41. The van der Waals surface area contributed by atoms with Gasteiger partial charge >= 0.3 is 0 Å². The summed E-state index contributed by atoms with van der Waals surface area (Å²) in [5.74, 6) is -0.560. The Morgan fingerprint density at radius 3 is 2.46 bits per heavy atom. The molecular formula is C20H29N3O4S. The van der Waals surface area contributed by atoms with Crippen LogP contribution in [0.15, 0.2) is 36.9 Å². The van der Waals surface area contributed by atoms with Crippen molar-refractivity contribution in [1.29, 1.82) is 0 Å². The van der Waals surface area contributed by atoms with Gasteiger partial charge in [-0.2, -0.15) is 0 Å². The molecule has 1 fully saturated rings. The van der Waals surface area contributed by atoms with Crippen molar-refractivity contribution in [3.8, 4) is 0 Å². The Balaban J connectivity index is 1.96. The number of carbonyl (C=O) groups is 2. The van der Waals surface area contributed by atoms with Gasteiger partial charge < -0.3 is 10.2 Å². The van der Waals surface area contributed by atoms with E-state index in [-0.39, 0.29) is 23.5 Å². The minimum Gasteiger partial charge on any atom is -0.339 e. The summed E-state index contributed by atoms with van der Waals surface area (Å²) >= 11 is 0. The number of benzene rings is 1. The minimum absolute atomic E-state index is 0.112. The number of nitrogens with zero attached hydrogens (tertiary/aromatic N) is 1. The van der Waals surface area contributed by atoms with Crippen LogP contribution < -0.4 is 10.0 Å². The van der Waals surface area contributed by atoms with Crippen molar-refractivity contribution in [2.24, 2.45) is 5.92 Å². The molecule has 1 heterocycles. The Bertz CT molecular complexity index is 835. The van der Waals surface area contributed by atoms with Crippen LogP contribution in [0.5, 0.6) is 0 Å². The van der Waals surface area contributed by atoms with Gasteiger partial charge in [-0.25, -0.2) is 13.1 Å². The first-order chi connectivity index (χ1) is 13.0. The fraction of sp³-hybridized carbons (Fsp3) is 0.500. The molecule has 154 valence electrons. The van der Waals surface area contributed by atoms with Gasteiger partial charge in [-0.3, -0.25) is 9.59 Å². The summed E-state index contributed by atoms with van der Waals surface area (Å²) in [6, 6.07) is 6.86. The zero-order valence-corrected chi connectivity index (χ0v) is 17.5. The molecule has 2 N–H and O–H groups in total. The lowest BCUT2D eigenvalue weighted by Gasteiger charge is -2.30. The number of likely N-dealkylation sites (tertiary alicyclic amines) is 1. The second-order valence-corrected chi connectivity index (χ2v) is 9.83. The molecule has 1 aliphatic heterocycles. The molecule has 1 saturated heterocycles. The van der Waals surface area contributed by atoms with Crippen molar-refractivity contribution in [2.75, 3.05) is 18.4 Å². The number of hydrogen-bond acceptors (Lipinski definition) is 4. The molecule has 0 aliphatic carbocycles. The molecular weight excluding hydrogens is 378 g/mol. The van der Waals surface area contributed by atoms with Gasteiger partial charge in [-0.05, 0) is 57.4 Å². The van der Waals surface area contributed by atoms with E-state index in [9.17, 15) is 18.0 Å². The predicted molar refractivity (Wildman–Crippen MR) is 110 cm³/mol. The van der Waals surface area contributed by atoms with E-state index in [1.165, 1.54) is 6.08 Å². The molecule has 0 aromatic heterocycles. The molecule has 0 unspecified atom stereocenters. The van der Waals surface area contributed by atoms with E-state index in [1.54, 1.807) is 49.9 Å². The maximum absolute atomic E-state index is 12.5. The minimum atomic E-state index is -3.48. The van der Waals surface area contributed by atoms with Crippen molar-refractivity contribution < 1.29 is 18.0 Å². The van der Waals surface area contributed by atoms with Gasteiger partial charge in [0.15, 0.2) is 0 Å². The molecule has 1 aromatic carbocycles. The van der Waals surface area contributed by atoms with Crippen molar-refractivity contribution >= 4 is 27.5 Å². The topological polar surface area (TPSA) is 95.6 Å². The molecule has 0 bridgehead atoms. The largest absolute Gasteiger partial charge is 0.339 e. The molecule has 1 aromatic rings. The quantitative estimate of drug-likeness (QED) is 0.707. The Labute approximate surface area is 167 Å². The summed E-state index contributed by atoms with van der Waals surface area (Å²) in [5, 5.41) is 2.87. The standard InChI is InChI=1S/C20H29N3O4S/c1-5-18(24)23-11-9-16(10-12-23)19(25)21-17-8-6-7-15(13-17)14-28(26,27)22-20(2,3)4/h5-8,13,16,22H,1,9-12,14H2,2-4H3,(H,21,25). The molecule has 0 spiro atoms. The lowest BCUT2D eigenvalue weighted by molar-refractivity contribution is -0.130. The zero-order valence-electron chi connectivity index (χ0n) is 16.7. The maximum atomic E-state index is 12.5. The van der Waals surface area contributed by atoms with Gasteiger partial charge in [0.05, 0.1) is 5.75 Å². The van der Waals surface area contributed by atoms with Gasteiger partial charge in [0.1, 0.15) is 0 Å². The van der Waals surface area contributed by atoms with Crippen LogP contribution in [-0.4, -0.2) is 43.8 Å². The van der Waals surface area contributed by atoms with E-state index in [4.69, 9.17) is 0 Å². The summed E-state index contributed by atoms with van der Waals surface area (Å²) in [6.07, 6.45) is 2.47. The van der Waals surface area contributed by atoms with Crippen molar-refractivity contribution in [3.63, 3.8) is 0 Å². The summed E-state index contributed by atoms with van der Waals surface area (Å²) in [7, 11) is -3.48. The summed E-state index contributed by atoms with van der Waals surface area (Å²) in [4.78, 5) is 25.8. The van der Waals surface area contributed by atoms with Gasteiger partial charge in [-0.1, -0.05) is 18.7 Å². The lowest BCUT2D eigenvalue weighted by atomic mass is 9.95. The fourth-order valence-electron chi connectivity index (χ4n) is 3.20. The van der Waals surface area contributed by atoms with Crippen LogP contribution in [-0.2, 0) is 25.4 Å². The fourth-order valence-corrected chi connectivity index (χ4v) is 4.82. The number of hydrogen-bond donors (Lipinski definition) is 2. The number of carbonyl (C=O) groups excluding carboxylic acids is 2. The predicted octanol–water partition coefficient (Wildman–Crippen LogP) is 2.27. The average Bonchev–Trinajstić information content (AvgIpc) is 2.58. The van der Waals surface area contributed by atoms with Crippen LogP contribution in [0.2, 0.25) is 0 Å². The molecule has 2 amide bonds. The molecule has 28 heavy (non-hydrogen) atoms. The molecule has 1 aliphatic rings. The molecule has 0 saturated carbocycles. The van der Waals surface area contributed by atoms with E-state index in [0.717, 1.165) is 0 Å². The van der Waals surface area contributed by atoms with E-state index in [2.05, 4.69) is 16.6 Å². The number of sulfonamides is 1. The van der Waals surface area contributed by atoms with Gasteiger partial charge in [0.25, 0.3) is 0 Å². The van der Waals surface area contributed by atoms with E-state index in [1.807, 2.05) is 0 Å². The highest BCUT2D eigenvalue weighted by Crippen LogP contribution is 2.21. The number of anilines is 1. The molecule has 8 heteroatoms.